The van der Waals surface area contributed by atoms with Crippen LogP contribution in [0.3, 0.4) is 0 Å². The molecule has 1 aromatic heterocycles. The van der Waals surface area contributed by atoms with E-state index in [2.05, 4.69) is 4.99 Å². The van der Waals surface area contributed by atoms with Crippen LogP contribution in [0.25, 0.3) is 0 Å². The van der Waals surface area contributed by atoms with E-state index in [0.29, 0.717) is 5.69 Å². The number of carbonyl (C=O) groups is 2. The smallest absolute Gasteiger partial charge is 0.329 e. The second kappa shape index (κ2) is 4.29. The summed E-state index contributed by atoms with van der Waals surface area (Å²) in [6.07, 6.45) is 1.25. The second-order valence-electron chi connectivity index (χ2n) is 3.98. The Hall–Kier alpha value is -1.69. The summed E-state index contributed by atoms with van der Waals surface area (Å²) >= 11 is 1.48. The van der Waals surface area contributed by atoms with Crippen molar-refractivity contribution in [1.82, 2.24) is 0 Å². The number of carbonyl (C=O) groups excluding carboxylic acids is 2. The van der Waals surface area contributed by atoms with Crippen molar-refractivity contribution in [3.8, 4) is 0 Å². The molecule has 1 fully saturated rings. The quantitative estimate of drug-likeness (QED) is 0.458. The molecule has 0 bridgehead atoms. The van der Waals surface area contributed by atoms with Crippen LogP contribution in [0.15, 0.2) is 21.8 Å². The lowest BCUT2D eigenvalue weighted by molar-refractivity contribution is -0.235. The molecule has 90 valence electrons. The minimum absolute atomic E-state index is 0.634. The van der Waals surface area contributed by atoms with Crippen molar-refractivity contribution in [3.05, 3.63) is 16.8 Å². The van der Waals surface area contributed by atoms with Gasteiger partial charge in [-0.3, -0.25) is 14.6 Å². The van der Waals surface area contributed by atoms with E-state index in [1.807, 2.05) is 5.38 Å². The van der Waals surface area contributed by atoms with Gasteiger partial charge in [-0.2, -0.15) is 11.3 Å². The van der Waals surface area contributed by atoms with Crippen molar-refractivity contribution in [2.24, 2.45) is 10.9 Å². The van der Waals surface area contributed by atoms with Crippen molar-refractivity contribution in [2.45, 2.75) is 19.6 Å². The minimum Gasteiger partial charge on any atom is -0.422 e. The van der Waals surface area contributed by atoms with Crippen LogP contribution in [0.1, 0.15) is 13.8 Å². The maximum Gasteiger partial charge on any atom is 0.329 e. The summed E-state index contributed by atoms with van der Waals surface area (Å²) in [6.45, 7) is 3.02. The summed E-state index contributed by atoms with van der Waals surface area (Å²) in [5.74, 6) is -3.54. The molecule has 1 aliphatic rings. The van der Waals surface area contributed by atoms with Crippen LogP contribution in [0.2, 0.25) is 0 Å². The highest BCUT2D eigenvalue weighted by molar-refractivity contribution is 7.08. The molecule has 0 aliphatic carbocycles. The number of cyclic esters (lactones) is 2. The molecule has 0 N–H and O–H groups in total. The first-order valence-corrected chi connectivity index (χ1v) is 5.94. The molecule has 2 rings (SSSR count). The van der Waals surface area contributed by atoms with Gasteiger partial charge in [-0.15, -0.1) is 0 Å². The van der Waals surface area contributed by atoms with Gasteiger partial charge in [0.2, 0.25) is 0 Å². The molecule has 0 saturated carbocycles. The Morgan fingerprint density at radius 1 is 1.35 bits per heavy atom. The Morgan fingerprint density at radius 3 is 2.53 bits per heavy atom. The molecule has 0 aromatic carbocycles. The molecule has 0 unspecified atom stereocenters. The zero-order valence-electron chi connectivity index (χ0n) is 9.38. The van der Waals surface area contributed by atoms with Crippen LogP contribution < -0.4 is 0 Å². The second-order valence-corrected chi connectivity index (χ2v) is 4.76. The summed E-state index contributed by atoms with van der Waals surface area (Å²) in [5, 5.41) is 3.66. The van der Waals surface area contributed by atoms with Gasteiger partial charge in [0.25, 0.3) is 5.79 Å². The minimum atomic E-state index is -1.19. The number of hydrogen-bond acceptors (Lipinski definition) is 6. The van der Waals surface area contributed by atoms with E-state index in [1.165, 1.54) is 31.4 Å². The van der Waals surface area contributed by atoms with Crippen molar-refractivity contribution in [3.63, 3.8) is 0 Å². The molecule has 5 nitrogen and oxygen atoms in total. The standard InChI is InChI=1S/C11H11NO4S/c1-11(2)15-9(13)8(10(14)16-11)5-12-7-3-4-17-6-7/h3-6,8H,1-2H3. The molecule has 1 aliphatic heterocycles. The Bertz CT molecular complexity index is 444. The fourth-order valence-corrected chi connectivity index (χ4v) is 1.92. The summed E-state index contributed by atoms with van der Waals surface area (Å²) in [6, 6.07) is 1.78. The highest BCUT2D eigenvalue weighted by Gasteiger charge is 2.42. The van der Waals surface area contributed by atoms with Crippen LogP contribution in [-0.2, 0) is 19.1 Å². The third kappa shape index (κ3) is 2.71. The molecule has 1 aromatic rings. The van der Waals surface area contributed by atoms with Crippen LogP contribution in [0, 0.1) is 5.92 Å². The average Bonchev–Trinajstić information content (AvgIpc) is 2.67. The number of aliphatic imine (C=N–C) groups is 1. The summed E-state index contributed by atoms with van der Waals surface area (Å²) in [7, 11) is 0. The lowest BCUT2D eigenvalue weighted by Crippen LogP contribution is -2.46. The zero-order chi connectivity index (χ0) is 12.5. The Labute approximate surface area is 102 Å². The maximum atomic E-state index is 11.6. The molecule has 2 heterocycles. The van der Waals surface area contributed by atoms with E-state index >= 15 is 0 Å². The molecule has 0 amide bonds. The molecule has 1 saturated heterocycles. The van der Waals surface area contributed by atoms with Crippen molar-refractivity contribution in [1.29, 1.82) is 0 Å². The van der Waals surface area contributed by atoms with Gasteiger partial charge in [0, 0.05) is 25.4 Å². The number of thiophene rings is 1. The predicted molar refractivity (Wildman–Crippen MR) is 62.2 cm³/mol. The van der Waals surface area contributed by atoms with Gasteiger partial charge in [-0.1, -0.05) is 0 Å². The normalized spacial score (nSPS) is 20.4. The van der Waals surface area contributed by atoms with E-state index in [1.54, 1.807) is 11.4 Å². The van der Waals surface area contributed by atoms with E-state index < -0.39 is 23.6 Å². The summed E-state index contributed by atoms with van der Waals surface area (Å²) in [5.41, 5.74) is 0.695. The molecule has 6 heteroatoms. The molecule has 17 heavy (non-hydrogen) atoms. The maximum absolute atomic E-state index is 11.6. The van der Waals surface area contributed by atoms with E-state index in [4.69, 9.17) is 9.47 Å². The van der Waals surface area contributed by atoms with Gasteiger partial charge < -0.3 is 9.47 Å². The molecule has 0 radical (unpaired) electrons. The van der Waals surface area contributed by atoms with Crippen molar-refractivity contribution in [2.75, 3.05) is 0 Å². The SMILES string of the molecule is CC1(C)OC(=O)C(C=Nc2ccsc2)C(=O)O1. The zero-order valence-corrected chi connectivity index (χ0v) is 10.2. The van der Waals surface area contributed by atoms with Crippen molar-refractivity contribution < 1.29 is 19.1 Å². The molecular weight excluding hydrogens is 242 g/mol. The third-order valence-electron chi connectivity index (χ3n) is 2.08. The molecule has 0 spiro atoms. The van der Waals surface area contributed by atoms with Crippen molar-refractivity contribution >= 4 is 35.2 Å². The first-order valence-electron chi connectivity index (χ1n) is 5.00. The van der Waals surface area contributed by atoms with Gasteiger partial charge in [-0.05, 0) is 11.4 Å². The Morgan fingerprint density at radius 2 is 2.00 bits per heavy atom. The van der Waals surface area contributed by atoms with E-state index in [0.717, 1.165) is 0 Å². The first kappa shape index (κ1) is 11.8. The van der Waals surface area contributed by atoms with Crippen LogP contribution in [0.5, 0.6) is 0 Å². The summed E-state index contributed by atoms with van der Waals surface area (Å²) in [4.78, 5) is 27.2. The van der Waals surface area contributed by atoms with Gasteiger partial charge >= 0.3 is 11.9 Å². The predicted octanol–water partition coefficient (Wildman–Crippen LogP) is 1.90. The fourth-order valence-electron chi connectivity index (χ4n) is 1.34. The highest BCUT2D eigenvalue weighted by atomic mass is 32.1. The fraction of sp³-hybridized carbons (Fsp3) is 0.364. The number of nitrogens with zero attached hydrogens (tertiary/aromatic N) is 1. The third-order valence-corrected chi connectivity index (χ3v) is 2.75. The number of rotatable bonds is 2. The topological polar surface area (TPSA) is 65.0 Å². The Kier molecular flexibility index (Phi) is 2.97. The van der Waals surface area contributed by atoms with Gasteiger partial charge in [0.15, 0.2) is 5.92 Å². The Balaban J connectivity index is 2.12. The van der Waals surface area contributed by atoms with Crippen LogP contribution in [0.4, 0.5) is 5.69 Å². The lowest BCUT2D eigenvalue weighted by atomic mass is 10.1. The van der Waals surface area contributed by atoms with E-state index in [-0.39, 0.29) is 0 Å². The average molecular weight is 253 g/mol. The van der Waals surface area contributed by atoms with E-state index in [9.17, 15) is 9.59 Å². The van der Waals surface area contributed by atoms with Crippen LogP contribution >= 0.6 is 11.3 Å². The monoisotopic (exact) mass is 253 g/mol. The van der Waals surface area contributed by atoms with Gasteiger partial charge in [-0.25, -0.2) is 0 Å². The number of esters is 2. The van der Waals surface area contributed by atoms with Gasteiger partial charge in [0.05, 0.1) is 5.69 Å². The highest BCUT2D eigenvalue weighted by Crippen LogP contribution is 2.23. The first-order chi connectivity index (χ1) is 7.98. The lowest BCUT2D eigenvalue weighted by Gasteiger charge is -2.31. The van der Waals surface area contributed by atoms with Gasteiger partial charge in [0.1, 0.15) is 0 Å². The summed E-state index contributed by atoms with van der Waals surface area (Å²) < 4.78 is 9.91. The van der Waals surface area contributed by atoms with Crippen LogP contribution in [-0.4, -0.2) is 23.9 Å². The number of ether oxygens (including phenoxy) is 2. The number of hydrogen-bond donors (Lipinski definition) is 0. The molecule has 0 atom stereocenters. The molecular formula is C11H11NO4S. The largest absolute Gasteiger partial charge is 0.422 e.